The Hall–Kier alpha value is -2.43. The summed E-state index contributed by atoms with van der Waals surface area (Å²) in [5.74, 6) is -0.578. The highest BCUT2D eigenvalue weighted by atomic mass is 16.5. The molecular weight excluding hydrogens is 328 g/mol. The van der Waals surface area contributed by atoms with E-state index in [0.29, 0.717) is 11.3 Å². The van der Waals surface area contributed by atoms with E-state index in [1.807, 2.05) is 36.1 Å². The van der Waals surface area contributed by atoms with Gasteiger partial charge in [0.05, 0.1) is 16.8 Å². The van der Waals surface area contributed by atoms with Crippen LogP contribution in [0.2, 0.25) is 0 Å². The van der Waals surface area contributed by atoms with E-state index >= 15 is 0 Å². The quantitative estimate of drug-likeness (QED) is 0.784. The molecule has 0 unspecified atom stereocenters. The third-order valence-corrected chi connectivity index (χ3v) is 5.28. The molecule has 138 valence electrons. The lowest BCUT2D eigenvalue weighted by molar-refractivity contribution is -0.138. The fourth-order valence-electron chi connectivity index (χ4n) is 3.87. The first-order chi connectivity index (χ1) is 12.5. The lowest BCUT2D eigenvalue weighted by atomic mass is 10.00. The van der Waals surface area contributed by atoms with Crippen LogP contribution in [0.5, 0.6) is 0 Å². The summed E-state index contributed by atoms with van der Waals surface area (Å²) >= 11 is 0. The summed E-state index contributed by atoms with van der Waals surface area (Å²) in [4.78, 5) is 31.5. The van der Waals surface area contributed by atoms with Gasteiger partial charge in [0.1, 0.15) is 0 Å². The van der Waals surface area contributed by atoms with Gasteiger partial charge in [0.2, 0.25) is 0 Å². The molecule has 1 aliphatic rings. The fourth-order valence-corrected chi connectivity index (χ4v) is 3.87. The summed E-state index contributed by atoms with van der Waals surface area (Å²) in [5, 5.41) is 0.929. The molecule has 1 fully saturated rings. The Bertz CT molecular complexity index is 831. The van der Waals surface area contributed by atoms with Crippen LogP contribution in [-0.4, -0.2) is 41.0 Å². The van der Waals surface area contributed by atoms with Gasteiger partial charge in [0.25, 0.3) is 5.91 Å². The number of hydrogen-bond acceptors (Lipinski definition) is 4. The van der Waals surface area contributed by atoms with Crippen molar-refractivity contribution >= 4 is 22.8 Å². The Balaban J connectivity index is 1.74. The number of esters is 1. The molecule has 26 heavy (non-hydrogen) atoms. The smallest absolute Gasteiger partial charge is 0.340 e. The minimum absolute atomic E-state index is 0.103. The van der Waals surface area contributed by atoms with Crippen LogP contribution >= 0.6 is 0 Å². The molecule has 0 bridgehead atoms. The Labute approximate surface area is 154 Å². The van der Waals surface area contributed by atoms with Crippen molar-refractivity contribution in [3.63, 3.8) is 0 Å². The van der Waals surface area contributed by atoms with Gasteiger partial charge in [0.15, 0.2) is 6.61 Å². The number of rotatable bonds is 4. The summed E-state index contributed by atoms with van der Waals surface area (Å²) in [6, 6.07) is 7.98. The number of aryl methyl sites for hydroxylation is 2. The van der Waals surface area contributed by atoms with E-state index in [-0.39, 0.29) is 18.6 Å². The van der Waals surface area contributed by atoms with Gasteiger partial charge >= 0.3 is 5.97 Å². The monoisotopic (exact) mass is 354 g/mol. The Morgan fingerprint density at radius 1 is 1.23 bits per heavy atom. The molecule has 5 nitrogen and oxygen atoms in total. The van der Waals surface area contributed by atoms with Crippen molar-refractivity contribution in [2.24, 2.45) is 0 Å². The Morgan fingerprint density at radius 3 is 2.77 bits per heavy atom. The zero-order chi connectivity index (χ0) is 18.7. The largest absolute Gasteiger partial charge is 0.452 e. The summed E-state index contributed by atoms with van der Waals surface area (Å²) in [6.45, 7) is 6.34. The molecule has 3 rings (SSSR count). The molecule has 5 heteroatoms. The molecule has 0 spiro atoms. The van der Waals surface area contributed by atoms with Gasteiger partial charge in [-0.25, -0.2) is 4.79 Å². The van der Waals surface area contributed by atoms with Crippen LogP contribution in [-0.2, 0) is 9.53 Å². The third-order valence-electron chi connectivity index (χ3n) is 5.28. The Kier molecular flexibility index (Phi) is 5.55. The number of fused-ring (bicyclic) bond motifs is 1. The maximum Gasteiger partial charge on any atom is 0.340 e. The second kappa shape index (κ2) is 7.85. The molecule has 2 heterocycles. The number of piperidine rings is 1. The fraction of sp³-hybridized carbons (Fsp3) is 0.476. The maximum absolute atomic E-state index is 12.6. The van der Waals surface area contributed by atoms with Gasteiger partial charge in [0, 0.05) is 18.0 Å². The number of carbonyl (C=O) groups excluding carboxylic acids is 2. The molecule has 1 saturated heterocycles. The van der Waals surface area contributed by atoms with E-state index in [2.05, 4.69) is 11.9 Å². The lowest BCUT2D eigenvalue weighted by Gasteiger charge is -2.35. The van der Waals surface area contributed by atoms with Crippen molar-refractivity contribution in [2.75, 3.05) is 13.2 Å². The van der Waals surface area contributed by atoms with E-state index in [4.69, 9.17) is 4.74 Å². The zero-order valence-electron chi connectivity index (χ0n) is 15.7. The third kappa shape index (κ3) is 3.57. The number of aromatic nitrogens is 1. The topological polar surface area (TPSA) is 59.5 Å². The number of hydrogen-bond donors (Lipinski definition) is 0. The molecule has 0 aliphatic carbocycles. The van der Waals surface area contributed by atoms with Crippen LogP contribution in [0.1, 0.15) is 54.2 Å². The molecule has 1 aliphatic heterocycles. The molecule has 1 amide bonds. The highest BCUT2D eigenvalue weighted by Crippen LogP contribution is 2.23. The number of nitrogens with zero attached hydrogens (tertiary/aromatic N) is 2. The van der Waals surface area contributed by atoms with E-state index in [9.17, 15) is 9.59 Å². The number of likely N-dealkylation sites (tertiary alicyclic amines) is 1. The zero-order valence-corrected chi connectivity index (χ0v) is 15.7. The van der Waals surface area contributed by atoms with Crippen LogP contribution in [0.3, 0.4) is 0 Å². The number of para-hydroxylation sites is 1. The predicted octanol–water partition coefficient (Wildman–Crippen LogP) is 3.80. The van der Waals surface area contributed by atoms with Crippen molar-refractivity contribution in [3.8, 4) is 0 Å². The van der Waals surface area contributed by atoms with Gasteiger partial charge in [-0.05, 0) is 51.2 Å². The number of carbonyl (C=O) groups is 2. The van der Waals surface area contributed by atoms with E-state index in [1.54, 1.807) is 6.92 Å². The second-order valence-electron chi connectivity index (χ2n) is 6.94. The van der Waals surface area contributed by atoms with Crippen molar-refractivity contribution in [3.05, 3.63) is 41.1 Å². The minimum Gasteiger partial charge on any atom is -0.452 e. The molecule has 1 atom stereocenters. The molecule has 0 N–H and O–H groups in total. The van der Waals surface area contributed by atoms with Crippen molar-refractivity contribution in [1.82, 2.24) is 9.88 Å². The average Bonchev–Trinajstić information content (AvgIpc) is 2.66. The van der Waals surface area contributed by atoms with Crippen LogP contribution in [0, 0.1) is 13.8 Å². The maximum atomic E-state index is 12.6. The van der Waals surface area contributed by atoms with E-state index in [1.165, 1.54) is 0 Å². The summed E-state index contributed by atoms with van der Waals surface area (Å²) in [6.07, 6.45) is 4.14. The van der Waals surface area contributed by atoms with Crippen LogP contribution in [0.15, 0.2) is 24.3 Å². The van der Waals surface area contributed by atoms with E-state index in [0.717, 1.165) is 48.7 Å². The molecular formula is C21H26N2O3. The number of benzene rings is 1. The van der Waals surface area contributed by atoms with Crippen LogP contribution in [0.4, 0.5) is 0 Å². The van der Waals surface area contributed by atoms with Gasteiger partial charge in [-0.2, -0.15) is 0 Å². The highest BCUT2D eigenvalue weighted by Gasteiger charge is 2.26. The molecule has 1 aromatic carbocycles. The Morgan fingerprint density at radius 2 is 2.00 bits per heavy atom. The second-order valence-corrected chi connectivity index (χ2v) is 6.94. The van der Waals surface area contributed by atoms with Gasteiger partial charge in [-0.3, -0.25) is 9.78 Å². The number of ether oxygens (including phenoxy) is 1. The van der Waals surface area contributed by atoms with Gasteiger partial charge in [-0.1, -0.05) is 25.1 Å². The lowest BCUT2D eigenvalue weighted by Crippen LogP contribution is -2.45. The molecule has 0 radical (unpaired) electrons. The first-order valence-electron chi connectivity index (χ1n) is 9.35. The van der Waals surface area contributed by atoms with Gasteiger partial charge < -0.3 is 9.64 Å². The molecule has 2 aromatic rings. The van der Waals surface area contributed by atoms with Crippen molar-refractivity contribution in [1.29, 1.82) is 0 Å². The van der Waals surface area contributed by atoms with Crippen LogP contribution in [0.25, 0.3) is 10.9 Å². The molecule has 0 saturated carbocycles. The normalized spacial score (nSPS) is 17.3. The van der Waals surface area contributed by atoms with E-state index < -0.39 is 5.97 Å². The highest BCUT2D eigenvalue weighted by molar-refractivity contribution is 5.99. The minimum atomic E-state index is -0.475. The predicted molar refractivity (Wildman–Crippen MR) is 101 cm³/mol. The first kappa shape index (κ1) is 18.4. The summed E-state index contributed by atoms with van der Waals surface area (Å²) in [5.41, 5.74) is 2.79. The summed E-state index contributed by atoms with van der Waals surface area (Å²) in [7, 11) is 0. The first-order valence-corrected chi connectivity index (χ1v) is 9.35. The van der Waals surface area contributed by atoms with Crippen LogP contribution < -0.4 is 0 Å². The summed E-state index contributed by atoms with van der Waals surface area (Å²) < 4.78 is 5.38. The number of pyridine rings is 1. The average molecular weight is 354 g/mol. The molecule has 1 aromatic heterocycles. The van der Waals surface area contributed by atoms with Gasteiger partial charge in [-0.15, -0.1) is 0 Å². The SMILES string of the molecule is CC[C@@H]1CCCCN1C(=O)COC(=O)c1c(C)nc2ccccc2c1C. The van der Waals surface area contributed by atoms with Crippen molar-refractivity contribution < 1.29 is 14.3 Å². The number of amides is 1. The van der Waals surface area contributed by atoms with Crippen molar-refractivity contribution in [2.45, 2.75) is 52.5 Å². The standard InChI is InChI=1S/C21H26N2O3/c1-4-16-9-7-8-12-23(16)19(24)13-26-21(25)20-14(2)17-10-5-6-11-18(17)22-15(20)3/h5-6,10-11,16H,4,7-9,12-13H2,1-3H3/t16-/m1/s1.